The Balaban J connectivity index is 2.44. The molecular formula is C33H60. The van der Waals surface area contributed by atoms with Crippen LogP contribution in [-0.2, 0) is 19.3 Å². The van der Waals surface area contributed by atoms with Crippen molar-refractivity contribution in [2.75, 3.05) is 0 Å². The summed E-state index contributed by atoms with van der Waals surface area (Å²) >= 11 is 0. The molecule has 0 N–H and O–H groups in total. The smallest absolute Gasteiger partial charge is 0.0279 e. The second kappa shape index (κ2) is 23.0. The van der Waals surface area contributed by atoms with Crippen molar-refractivity contribution in [3.8, 4) is 0 Å². The van der Waals surface area contributed by atoms with E-state index in [2.05, 4.69) is 39.0 Å². The van der Waals surface area contributed by atoms with Gasteiger partial charge in [0.25, 0.3) is 0 Å². The van der Waals surface area contributed by atoms with E-state index in [4.69, 9.17) is 0 Å². The van der Waals surface area contributed by atoms with E-state index in [1.807, 2.05) is 0 Å². The van der Waals surface area contributed by atoms with Crippen LogP contribution in [0.4, 0.5) is 0 Å². The van der Waals surface area contributed by atoms with Crippen molar-refractivity contribution in [1.29, 1.82) is 0 Å². The lowest BCUT2D eigenvalue weighted by Crippen LogP contribution is -1.96. The van der Waals surface area contributed by atoms with Crippen LogP contribution in [0.5, 0.6) is 0 Å². The number of hydrogen-bond donors (Lipinski definition) is 0. The Hall–Kier alpha value is -0.780. The fourth-order valence-electron chi connectivity index (χ4n) is 5.13. The maximum Gasteiger partial charge on any atom is -0.0279 e. The third-order valence-corrected chi connectivity index (χ3v) is 7.32. The molecule has 0 bridgehead atoms. The van der Waals surface area contributed by atoms with Crippen molar-refractivity contribution >= 4 is 0 Å². The van der Waals surface area contributed by atoms with Crippen molar-refractivity contribution < 1.29 is 0 Å². The first-order valence-electron chi connectivity index (χ1n) is 15.4. The van der Waals surface area contributed by atoms with E-state index in [0.717, 1.165) is 0 Å². The molecule has 1 rings (SSSR count). The molecule has 0 heterocycles. The van der Waals surface area contributed by atoms with Gasteiger partial charge in [-0.2, -0.15) is 0 Å². The summed E-state index contributed by atoms with van der Waals surface area (Å²) < 4.78 is 0. The van der Waals surface area contributed by atoms with Gasteiger partial charge in [-0.05, 0) is 55.2 Å². The predicted octanol–water partition coefficient (Wildman–Crippen LogP) is 11.6. The molecule has 33 heavy (non-hydrogen) atoms. The van der Waals surface area contributed by atoms with Gasteiger partial charge in [0, 0.05) is 0 Å². The van der Waals surface area contributed by atoms with Gasteiger partial charge in [-0.3, -0.25) is 0 Å². The summed E-state index contributed by atoms with van der Waals surface area (Å²) in [6.07, 6.45) is 33.5. The van der Waals surface area contributed by atoms with Crippen molar-refractivity contribution in [2.24, 2.45) is 0 Å². The average Bonchev–Trinajstić information content (AvgIpc) is 2.82. The molecule has 0 aliphatic carbocycles. The van der Waals surface area contributed by atoms with Gasteiger partial charge in [-0.15, -0.1) is 0 Å². The third kappa shape index (κ3) is 18.2. The minimum Gasteiger partial charge on any atom is -0.0654 e. The molecule has 0 fully saturated rings. The minimum absolute atomic E-state index is 1.29. The standard InChI is InChI=1S/C33H60/c1-4-7-10-13-16-19-22-25-31-28-32(26-23-20-17-14-11-8-5-2)30-33(29-31)27-24-21-18-15-12-9-6-3/h28-30H,4-27H2,1-3H3. The van der Waals surface area contributed by atoms with Crippen molar-refractivity contribution in [1.82, 2.24) is 0 Å². The molecule has 0 nitrogen and oxygen atoms in total. The Bertz CT molecular complexity index is 440. The molecule has 1 aromatic rings. The highest BCUT2D eigenvalue weighted by Gasteiger charge is 2.04. The van der Waals surface area contributed by atoms with E-state index < -0.39 is 0 Å². The summed E-state index contributed by atoms with van der Waals surface area (Å²) in [6.45, 7) is 6.93. The van der Waals surface area contributed by atoms with Crippen LogP contribution < -0.4 is 0 Å². The van der Waals surface area contributed by atoms with Gasteiger partial charge in [-0.25, -0.2) is 0 Å². The number of rotatable bonds is 24. The maximum absolute atomic E-state index is 2.56. The van der Waals surface area contributed by atoms with Gasteiger partial charge in [0.2, 0.25) is 0 Å². The monoisotopic (exact) mass is 456 g/mol. The summed E-state index contributed by atoms with van der Waals surface area (Å²) in [7, 11) is 0. The normalized spacial score (nSPS) is 11.4. The van der Waals surface area contributed by atoms with Crippen LogP contribution in [0.1, 0.15) is 172 Å². The molecule has 0 heteroatoms. The molecule has 0 saturated carbocycles. The van der Waals surface area contributed by atoms with Crippen LogP contribution in [0, 0.1) is 0 Å². The molecule has 0 atom stereocenters. The first kappa shape index (κ1) is 30.3. The molecule has 0 aliphatic heterocycles. The minimum atomic E-state index is 1.29. The first-order chi connectivity index (χ1) is 16.3. The van der Waals surface area contributed by atoms with Gasteiger partial charge in [0.05, 0.1) is 0 Å². The SMILES string of the molecule is CCCCCCCCCc1cc(CCCCCCCCC)cc(CCCCCCCCC)c1. The Kier molecular flexibility index (Phi) is 21.1. The summed E-state index contributed by atoms with van der Waals surface area (Å²) in [4.78, 5) is 0. The zero-order chi connectivity index (χ0) is 23.8. The lowest BCUT2D eigenvalue weighted by Gasteiger charge is -2.11. The van der Waals surface area contributed by atoms with Gasteiger partial charge in [-0.1, -0.05) is 155 Å². The molecule has 192 valence electrons. The molecule has 0 amide bonds. The fourth-order valence-corrected chi connectivity index (χ4v) is 5.13. The van der Waals surface area contributed by atoms with Crippen LogP contribution in [0.3, 0.4) is 0 Å². The Morgan fingerprint density at radius 2 is 0.515 bits per heavy atom. The molecule has 1 aromatic carbocycles. The zero-order valence-corrected chi connectivity index (χ0v) is 23.2. The largest absolute Gasteiger partial charge is 0.0654 e. The number of unbranched alkanes of at least 4 members (excludes halogenated alkanes) is 18. The Morgan fingerprint density at radius 1 is 0.303 bits per heavy atom. The summed E-state index contributed by atoms with van der Waals surface area (Å²) in [5.74, 6) is 0. The van der Waals surface area contributed by atoms with Crippen molar-refractivity contribution in [3.63, 3.8) is 0 Å². The molecule has 0 spiro atoms. The highest BCUT2D eigenvalue weighted by atomic mass is 14.1. The first-order valence-corrected chi connectivity index (χ1v) is 15.4. The van der Waals surface area contributed by atoms with Crippen LogP contribution in [0.15, 0.2) is 18.2 Å². The lowest BCUT2D eigenvalue weighted by atomic mass is 9.95. The van der Waals surface area contributed by atoms with Gasteiger partial charge in [0.15, 0.2) is 0 Å². The predicted molar refractivity (Wildman–Crippen MR) is 152 cm³/mol. The summed E-state index contributed by atoms with van der Waals surface area (Å²) in [6, 6.07) is 7.67. The second-order valence-corrected chi connectivity index (χ2v) is 10.8. The van der Waals surface area contributed by atoms with Crippen LogP contribution in [0.2, 0.25) is 0 Å². The Morgan fingerprint density at radius 3 is 0.758 bits per heavy atom. The second-order valence-electron chi connectivity index (χ2n) is 10.8. The van der Waals surface area contributed by atoms with E-state index in [0.29, 0.717) is 0 Å². The summed E-state index contributed by atoms with van der Waals surface area (Å²) in [5, 5.41) is 0. The van der Waals surface area contributed by atoms with Crippen molar-refractivity contribution in [2.45, 2.75) is 175 Å². The number of benzene rings is 1. The van der Waals surface area contributed by atoms with Crippen LogP contribution in [-0.4, -0.2) is 0 Å². The molecular weight excluding hydrogens is 396 g/mol. The quantitative estimate of drug-likeness (QED) is 0.136. The lowest BCUT2D eigenvalue weighted by molar-refractivity contribution is 0.585. The number of hydrogen-bond acceptors (Lipinski definition) is 0. The van der Waals surface area contributed by atoms with E-state index in [1.54, 1.807) is 16.7 Å². The molecule has 0 radical (unpaired) electrons. The third-order valence-electron chi connectivity index (χ3n) is 7.32. The fraction of sp³-hybridized carbons (Fsp3) is 0.818. The molecule has 0 saturated heterocycles. The van der Waals surface area contributed by atoms with Crippen LogP contribution in [0.25, 0.3) is 0 Å². The molecule has 0 unspecified atom stereocenters. The zero-order valence-electron chi connectivity index (χ0n) is 23.2. The van der Waals surface area contributed by atoms with Gasteiger partial charge in [0.1, 0.15) is 0 Å². The van der Waals surface area contributed by atoms with E-state index in [9.17, 15) is 0 Å². The van der Waals surface area contributed by atoms with E-state index >= 15 is 0 Å². The topological polar surface area (TPSA) is 0 Å². The van der Waals surface area contributed by atoms with Gasteiger partial charge < -0.3 is 0 Å². The molecule has 0 aliphatic rings. The maximum atomic E-state index is 2.56. The van der Waals surface area contributed by atoms with Gasteiger partial charge >= 0.3 is 0 Å². The Labute approximate surface area is 209 Å². The highest BCUT2D eigenvalue weighted by molar-refractivity contribution is 5.30. The van der Waals surface area contributed by atoms with Crippen molar-refractivity contribution in [3.05, 3.63) is 34.9 Å². The average molecular weight is 457 g/mol. The summed E-state index contributed by atoms with van der Waals surface area (Å²) in [5.41, 5.74) is 4.88. The highest BCUT2D eigenvalue weighted by Crippen LogP contribution is 2.19. The van der Waals surface area contributed by atoms with Crippen LogP contribution >= 0.6 is 0 Å². The molecule has 0 aromatic heterocycles. The van der Waals surface area contributed by atoms with E-state index in [1.165, 1.54) is 154 Å². The number of aryl methyl sites for hydroxylation is 3. The van der Waals surface area contributed by atoms with E-state index in [-0.39, 0.29) is 0 Å².